The molecular formula is C11H14ClNO2. The van der Waals surface area contributed by atoms with Crippen molar-refractivity contribution >= 4 is 23.4 Å². The number of anilines is 1. The van der Waals surface area contributed by atoms with E-state index in [-0.39, 0.29) is 0 Å². The zero-order chi connectivity index (χ0) is 10.9. The van der Waals surface area contributed by atoms with Gasteiger partial charge >= 0.3 is 6.09 Å². The summed E-state index contributed by atoms with van der Waals surface area (Å²) in [6.07, 6.45) is 1.24. The lowest BCUT2D eigenvalue weighted by atomic mass is 10.3. The lowest BCUT2D eigenvalue weighted by molar-refractivity contribution is 0.160. The maximum atomic E-state index is 11.2. The second-order valence-electron chi connectivity index (χ2n) is 3.02. The summed E-state index contributed by atoms with van der Waals surface area (Å²) in [6.45, 7) is 0.408. The van der Waals surface area contributed by atoms with Gasteiger partial charge in [0.05, 0.1) is 6.61 Å². The highest BCUT2D eigenvalue weighted by Crippen LogP contribution is 2.05. The van der Waals surface area contributed by atoms with Crippen LogP contribution in [-0.4, -0.2) is 18.6 Å². The van der Waals surface area contributed by atoms with Crippen LogP contribution in [0.15, 0.2) is 30.3 Å². The zero-order valence-electron chi connectivity index (χ0n) is 8.41. The number of unbranched alkanes of at least 4 members (excludes halogenated alkanes) is 1. The van der Waals surface area contributed by atoms with Gasteiger partial charge in [-0.05, 0) is 25.0 Å². The summed E-state index contributed by atoms with van der Waals surface area (Å²) in [5, 5.41) is 2.62. The largest absolute Gasteiger partial charge is 0.449 e. The minimum absolute atomic E-state index is 0.408. The van der Waals surface area contributed by atoms with Crippen molar-refractivity contribution in [1.82, 2.24) is 0 Å². The summed E-state index contributed by atoms with van der Waals surface area (Å²) >= 11 is 5.49. The highest BCUT2D eigenvalue weighted by atomic mass is 35.5. The Morgan fingerprint density at radius 2 is 2.00 bits per heavy atom. The van der Waals surface area contributed by atoms with Crippen LogP contribution in [0.1, 0.15) is 12.8 Å². The molecule has 15 heavy (non-hydrogen) atoms. The van der Waals surface area contributed by atoms with Crippen LogP contribution in [-0.2, 0) is 4.74 Å². The van der Waals surface area contributed by atoms with Crippen LogP contribution in [0.4, 0.5) is 10.5 Å². The predicted molar refractivity (Wildman–Crippen MR) is 61.4 cm³/mol. The molecule has 1 rings (SSSR count). The monoisotopic (exact) mass is 227 g/mol. The molecule has 82 valence electrons. The fourth-order valence-electron chi connectivity index (χ4n) is 1.04. The molecule has 0 aliphatic rings. The van der Waals surface area contributed by atoms with Gasteiger partial charge in [-0.2, -0.15) is 0 Å². The number of halogens is 1. The average molecular weight is 228 g/mol. The minimum atomic E-state index is -0.421. The van der Waals surface area contributed by atoms with Gasteiger partial charge in [0.1, 0.15) is 0 Å². The van der Waals surface area contributed by atoms with Crippen molar-refractivity contribution in [2.75, 3.05) is 17.8 Å². The fourth-order valence-corrected chi connectivity index (χ4v) is 1.23. The standard InChI is InChI=1S/C11H14ClNO2/c12-8-4-5-9-15-11(14)13-10-6-2-1-3-7-10/h1-3,6-7H,4-5,8-9H2,(H,13,14). The third kappa shape index (κ3) is 5.27. The van der Waals surface area contributed by atoms with Crippen LogP contribution in [0.25, 0.3) is 0 Å². The summed E-state index contributed by atoms with van der Waals surface area (Å²) < 4.78 is 4.94. The summed E-state index contributed by atoms with van der Waals surface area (Å²) in [5.74, 6) is 0.601. The highest BCUT2D eigenvalue weighted by Gasteiger charge is 2.01. The van der Waals surface area contributed by atoms with Crippen molar-refractivity contribution in [2.24, 2.45) is 0 Å². The molecule has 1 aromatic carbocycles. The van der Waals surface area contributed by atoms with E-state index in [1.54, 1.807) is 12.1 Å². The van der Waals surface area contributed by atoms with Crippen molar-refractivity contribution in [3.8, 4) is 0 Å². The Labute approximate surface area is 94.4 Å². The van der Waals surface area contributed by atoms with Crippen molar-refractivity contribution in [3.05, 3.63) is 30.3 Å². The molecular weight excluding hydrogens is 214 g/mol. The Morgan fingerprint density at radius 1 is 1.27 bits per heavy atom. The molecule has 0 fully saturated rings. The number of benzene rings is 1. The van der Waals surface area contributed by atoms with E-state index in [2.05, 4.69) is 5.32 Å². The van der Waals surface area contributed by atoms with Gasteiger partial charge in [0, 0.05) is 11.6 Å². The molecule has 0 saturated heterocycles. The number of carbonyl (C=O) groups is 1. The first-order chi connectivity index (χ1) is 7.33. The molecule has 0 bridgehead atoms. The summed E-state index contributed by atoms with van der Waals surface area (Å²) in [5.41, 5.74) is 0.736. The van der Waals surface area contributed by atoms with E-state index in [1.165, 1.54) is 0 Å². The Balaban J connectivity index is 2.19. The maximum Gasteiger partial charge on any atom is 0.411 e. The molecule has 1 aromatic rings. The lowest BCUT2D eigenvalue weighted by Gasteiger charge is -2.05. The number of hydrogen-bond acceptors (Lipinski definition) is 2. The van der Waals surface area contributed by atoms with Gasteiger partial charge < -0.3 is 4.74 Å². The molecule has 0 aliphatic carbocycles. The van der Waals surface area contributed by atoms with Crippen molar-refractivity contribution < 1.29 is 9.53 Å². The first-order valence-corrected chi connectivity index (χ1v) is 5.41. The van der Waals surface area contributed by atoms with E-state index in [0.29, 0.717) is 12.5 Å². The van der Waals surface area contributed by atoms with Gasteiger partial charge in [-0.1, -0.05) is 18.2 Å². The lowest BCUT2D eigenvalue weighted by Crippen LogP contribution is -2.14. The molecule has 1 N–H and O–H groups in total. The van der Waals surface area contributed by atoms with Gasteiger partial charge in [-0.3, -0.25) is 5.32 Å². The molecule has 0 aliphatic heterocycles. The van der Waals surface area contributed by atoms with Crippen LogP contribution in [0, 0.1) is 0 Å². The number of carbonyl (C=O) groups excluding carboxylic acids is 1. The second kappa shape index (κ2) is 7.12. The Hall–Kier alpha value is -1.22. The molecule has 0 heterocycles. The first kappa shape index (κ1) is 11.9. The number of alkyl halides is 1. The Morgan fingerprint density at radius 3 is 2.67 bits per heavy atom. The smallest absolute Gasteiger partial charge is 0.411 e. The van der Waals surface area contributed by atoms with E-state index >= 15 is 0 Å². The number of para-hydroxylation sites is 1. The van der Waals surface area contributed by atoms with E-state index in [1.807, 2.05) is 18.2 Å². The third-order valence-electron chi connectivity index (χ3n) is 1.78. The summed E-state index contributed by atoms with van der Waals surface area (Å²) in [4.78, 5) is 11.2. The number of amides is 1. The van der Waals surface area contributed by atoms with Gasteiger partial charge in [-0.15, -0.1) is 11.6 Å². The molecule has 0 unspecified atom stereocenters. The third-order valence-corrected chi connectivity index (χ3v) is 2.05. The molecule has 0 radical (unpaired) electrons. The molecule has 4 heteroatoms. The first-order valence-electron chi connectivity index (χ1n) is 4.87. The fraction of sp³-hybridized carbons (Fsp3) is 0.364. The normalized spacial score (nSPS) is 9.67. The van der Waals surface area contributed by atoms with E-state index in [4.69, 9.17) is 16.3 Å². The van der Waals surface area contributed by atoms with Crippen LogP contribution in [0.5, 0.6) is 0 Å². The van der Waals surface area contributed by atoms with Crippen molar-refractivity contribution in [3.63, 3.8) is 0 Å². The van der Waals surface area contributed by atoms with Gasteiger partial charge in [0.2, 0.25) is 0 Å². The minimum Gasteiger partial charge on any atom is -0.449 e. The van der Waals surface area contributed by atoms with E-state index < -0.39 is 6.09 Å². The van der Waals surface area contributed by atoms with Crippen LogP contribution < -0.4 is 5.32 Å². The quantitative estimate of drug-likeness (QED) is 0.620. The second-order valence-corrected chi connectivity index (χ2v) is 3.40. The highest BCUT2D eigenvalue weighted by molar-refractivity contribution is 6.17. The Kier molecular flexibility index (Phi) is 5.63. The zero-order valence-corrected chi connectivity index (χ0v) is 9.17. The van der Waals surface area contributed by atoms with Gasteiger partial charge in [0.15, 0.2) is 0 Å². The number of ether oxygens (including phenoxy) is 1. The SMILES string of the molecule is O=C(Nc1ccccc1)OCCCCCl. The van der Waals surface area contributed by atoms with Crippen LogP contribution in [0.3, 0.4) is 0 Å². The molecule has 0 spiro atoms. The number of rotatable bonds is 5. The Bertz CT molecular complexity index is 290. The molecule has 0 aromatic heterocycles. The topological polar surface area (TPSA) is 38.3 Å². The molecule has 3 nitrogen and oxygen atoms in total. The van der Waals surface area contributed by atoms with Crippen LogP contribution >= 0.6 is 11.6 Å². The molecule has 0 saturated carbocycles. The number of hydrogen-bond donors (Lipinski definition) is 1. The predicted octanol–water partition coefficient (Wildman–Crippen LogP) is 3.25. The summed E-state index contributed by atoms with van der Waals surface area (Å²) in [7, 11) is 0. The van der Waals surface area contributed by atoms with E-state index in [0.717, 1.165) is 18.5 Å². The van der Waals surface area contributed by atoms with Crippen LogP contribution in [0.2, 0.25) is 0 Å². The number of nitrogens with one attached hydrogen (secondary N) is 1. The molecule has 0 atom stereocenters. The van der Waals surface area contributed by atoms with Crippen molar-refractivity contribution in [1.29, 1.82) is 0 Å². The van der Waals surface area contributed by atoms with Crippen molar-refractivity contribution in [2.45, 2.75) is 12.8 Å². The van der Waals surface area contributed by atoms with Gasteiger partial charge in [0.25, 0.3) is 0 Å². The molecule has 1 amide bonds. The van der Waals surface area contributed by atoms with Gasteiger partial charge in [-0.25, -0.2) is 4.79 Å². The average Bonchev–Trinajstić information content (AvgIpc) is 2.26. The summed E-state index contributed by atoms with van der Waals surface area (Å²) in [6, 6.07) is 9.20. The van der Waals surface area contributed by atoms with E-state index in [9.17, 15) is 4.79 Å². The maximum absolute atomic E-state index is 11.2.